The van der Waals surface area contributed by atoms with Crippen LogP contribution < -0.4 is 10.6 Å². The van der Waals surface area contributed by atoms with Crippen LogP contribution in [0.2, 0.25) is 0 Å². The molecule has 0 saturated carbocycles. The van der Waals surface area contributed by atoms with Gasteiger partial charge in [0.25, 0.3) is 5.91 Å². The van der Waals surface area contributed by atoms with Crippen LogP contribution in [0.5, 0.6) is 0 Å². The minimum absolute atomic E-state index is 0.0453. The van der Waals surface area contributed by atoms with Gasteiger partial charge in [0.15, 0.2) is 17.5 Å². The fourth-order valence-corrected chi connectivity index (χ4v) is 2.62. The number of aryl methyl sites for hydroxylation is 2. The van der Waals surface area contributed by atoms with E-state index in [2.05, 4.69) is 20.6 Å². The van der Waals surface area contributed by atoms with Crippen molar-refractivity contribution in [1.29, 1.82) is 0 Å². The number of aromatic nitrogens is 2. The number of halogens is 3. The van der Waals surface area contributed by atoms with Crippen LogP contribution in [0.4, 0.5) is 30.5 Å². The lowest BCUT2D eigenvalue weighted by Crippen LogP contribution is -2.16. The number of amides is 1. The average molecular weight is 386 g/mol. The molecular formula is C20H17F3N4O. The van der Waals surface area contributed by atoms with Gasteiger partial charge in [-0.15, -0.1) is 0 Å². The van der Waals surface area contributed by atoms with Gasteiger partial charge in [0, 0.05) is 11.4 Å². The number of rotatable bonds is 5. The highest BCUT2D eigenvalue weighted by Crippen LogP contribution is 2.23. The van der Waals surface area contributed by atoms with E-state index in [0.717, 1.165) is 24.1 Å². The quantitative estimate of drug-likeness (QED) is 0.621. The van der Waals surface area contributed by atoms with E-state index in [1.54, 1.807) is 19.1 Å². The lowest BCUT2D eigenvalue weighted by molar-refractivity contribution is 0.102. The number of nitrogens with one attached hydrogen (secondary N) is 2. The second kappa shape index (κ2) is 8.08. The van der Waals surface area contributed by atoms with E-state index in [-0.39, 0.29) is 17.3 Å². The molecule has 0 atom stereocenters. The third-order valence-electron chi connectivity index (χ3n) is 4.01. The normalized spacial score (nSPS) is 10.6. The summed E-state index contributed by atoms with van der Waals surface area (Å²) < 4.78 is 40.3. The largest absolute Gasteiger partial charge is 0.322 e. The first kappa shape index (κ1) is 19.3. The van der Waals surface area contributed by atoms with Gasteiger partial charge < -0.3 is 10.6 Å². The fraction of sp³-hybridized carbons (Fsp3) is 0.150. The smallest absolute Gasteiger partial charge is 0.274 e. The predicted octanol–water partition coefficient (Wildman–Crippen LogP) is 4.76. The van der Waals surface area contributed by atoms with Crippen LogP contribution in [0.15, 0.2) is 42.5 Å². The van der Waals surface area contributed by atoms with Crippen LogP contribution in [0.1, 0.15) is 28.7 Å². The Morgan fingerprint density at radius 2 is 1.75 bits per heavy atom. The molecular weight excluding hydrogens is 369 g/mol. The highest BCUT2D eigenvalue weighted by atomic mass is 19.2. The molecule has 0 saturated heterocycles. The van der Waals surface area contributed by atoms with Gasteiger partial charge in [-0.2, -0.15) is 0 Å². The zero-order valence-electron chi connectivity index (χ0n) is 15.2. The Morgan fingerprint density at radius 1 is 1.00 bits per heavy atom. The Bertz CT molecular complexity index is 1040. The van der Waals surface area contributed by atoms with Gasteiger partial charge in [-0.25, -0.2) is 23.1 Å². The van der Waals surface area contributed by atoms with Gasteiger partial charge >= 0.3 is 0 Å². The zero-order chi connectivity index (χ0) is 20.3. The molecule has 8 heteroatoms. The van der Waals surface area contributed by atoms with Crippen LogP contribution in [-0.2, 0) is 6.42 Å². The molecule has 3 rings (SSSR count). The van der Waals surface area contributed by atoms with E-state index in [1.165, 1.54) is 6.07 Å². The number of nitrogens with zero attached hydrogens (tertiary/aromatic N) is 2. The van der Waals surface area contributed by atoms with Crippen molar-refractivity contribution in [2.24, 2.45) is 0 Å². The molecule has 0 unspecified atom stereocenters. The fourth-order valence-electron chi connectivity index (χ4n) is 2.62. The maximum absolute atomic E-state index is 13.9. The topological polar surface area (TPSA) is 66.9 Å². The number of para-hydroxylation sites is 1. The zero-order valence-corrected chi connectivity index (χ0v) is 15.2. The molecule has 0 radical (unpaired) electrons. The first-order chi connectivity index (χ1) is 13.4. The summed E-state index contributed by atoms with van der Waals surface area (Å²) in [5.74, 6) is -4.89. The van der Waals surface area contributed by atoms with Crippen molar-refractivity contribution >= 4 is 23.2 Å². The predicted molar refractivity (Wildman–Crippen MR) is 100 cm³/mol. The monoisotopic (exact) mass is 386 g/mol. The molecule has 0 bridgehead atoms. The summed E-state index contributed by atoms with van der Waals surface area (Å²) in [6.07, 6.45) is 0.738. The highest BCUT2D eigenvalue weighted by molar-refractivity contribution is 6.03. The summed E-state index contributed by atoms with van der Waals surface area (Å²) in [6, 6.07) is 10.6. The number of carbonyl (C=O) groups is 1. The van der Waals surface area contributed by atoms with Crippen molar-refractivity contribution in [1.82, 2.24) is 9.97 Å². The van der Waals surface area contributed by atoms with E-state index >= 15 is 0 Å². The minimum Gasteiger partial charge on any atom is -0.322 e. The van der Waals surface area contributed by atoms with Gasteiger partial charge in [-0.3, -0.25) is 4.79 Å². The van der Waals surface area contributed by atoms with Gasteiger partial charge in [0.2, 0.25) is 5.95 Å². The molecule has 0 aliphatic heterocycles. The van der Waals surface area contributed by atoms with E-state index in [1.807, 2.05) is 19.1 Å². The second-order valence-corrected chi connectivity index (χ2v) is 6.03. The lowest BCUT2D eigenvalue weighted by atomic mass is 10.1. The maximum Gasteiger partial charge on any atom is 0.274 e. The van der Waals surface area contributed by atoms with E-state index in [9.17, 15) is 18.0 Å². The van der Waals surface area contributed by atoms with Crippen molar-refractivity contribution < 1.29 is 18.0 Å². The van der Waals surface area contributed by atoms with Gasteiger partial charge in [0.05, 0.1) is 5.69 Å². The molecule has 144 valence electrons. The molecule has 5 nitrogen and oxygen atoms in total. The third kappa shape index (κ3) is 4.11. The van der Waals surface area contributed by atoms with Crippen molar-refractivity contribution in [2.45, 2.75) is 20.3 Å². The van der Waals surface area contributed by atoms with Crippen molar-refractivity contribution in [2.75, 3.05) is 10.6 Å². The maximum atomic E-state index is 13.9. The molecule has 0 aliphatic carbocycles. The molecule has 1 aromatic heterocycles. The Labute approximate surface area is 159 Å². The Balaban J connectivity index is 1.87. The standard InChI is InChI=1S/C20H17F3N4O/c1-3-12-6-4-5-7-14(12)25-19(28)16-10-11(2)24-20(27-16)26-15-9-8-13(21)17(22)18(15)23/h4-10H,3H2,1-2H3,(H,25,28)(H,24,26,27). The molecule has 0 fully saturated rings. The summed E-state index contributed by atoms with van der Waals surface area (Å²) in [5, 5.41) is 5.26. The Morgan fingerprint density at radius 3 is 2.50 bits per heavy atom. The number of carbonyl (C=O) groups excluding carboxylic acids is 1. The molecule has 2 N–H and O–H groups in total. The second-order valence-electron chi connectivity index (χ2n) is 6.03. The van der Waals surface area contributed by atoms with Crippen LogP contribution >= 0.6 is 0 Å². The van der Waals surface area contributed by atoms with Gasteiger partial charge in [-0.05, 0) is 43.2 Å². The van der Waals surface area contributed by atoms with Crippen LogP contribution in [0, 0.1) is 24.4 Å². The van der Waals surface area contributed by atoms with Crippen LogP contribution in [0.25, 0.3) is 0 Å². The molecule has 1 amide bonds. The van der Waals surface area contributed by atoms with Gasteiger partial charge in [0.1, 0.15) is 5.69 Å². The molecule has 0 spiro atoms. The van der Waals surface area contributed by atoms with Crippen molar-refractivity contribution in [3.63, 3.8) is 0 Å². The van der Waals surface area contributed by atoms with Gasteiger partial charge in [-0.1, -0.05) is 25.1 Å². The van der Waals surface area contributed by atoms with E-state index in [4.69, 9.17) is 0 Å². The molecule has 0 aliphatic rings. The van der Waals surface area contributed by atoms with Crippen molar-refractivity contribution in [3.8, 4) is 0 Å². The van der Waals surface area contributed by atoms with E-state index in [0.29, 0.717) is 11.4 Å². The number of hydrogen-bond acceptors (Lipinski definition) is 4. The molecule has 1 heterocycles. The molecule has 3 aromatic rings. The Hall–Kier alpha value is -3.42. The van der Waals surface area contributed by atoms with E-state index < -0.39 is 23.4 Å². The summed E-state index contributed by atoms with van der Waals surface area (Å²) >= 11 is 0. The lowest BCUT2D eigenvalue weighted by Gasteiger charge is -2.11. The number of anilines is 3. The first-order valence-electron chi connectivity index (χ1n) is 8.54. The summed E-state index contributed by atoms with van der Waals surface area (Å²) in [7, 11) is 0. The summed E-state index contributed by atoms with van der Waals surface area (Å²) in [5.41, 5.74) is 1.77. The van der Waals surface area contributed by atoms with Crippen LogP contribution in [-0.4, -0.2) is 15.9 Å². The Kier molecular flexibility index (Phi) is 5.58. The number of benzene rings is 2. The van der Waals surface area contributed by atoms with Crippen molar-refractivity contribution in [3.05, 3.63) is 76.9 Å². The van der Waals surface area contributed by atoms with Crippen LogP contribution in [0.3, 0.4) is 0 Å². The molecule has 2 aromatic carbocycles. The third-order valence-corrected chi connectivity index (χ3v) is 4.01. The SMILES string of the molecule is CCc1ccccc1NC(=O)c1cc(C)nc(Nc2ccc(F)c(F)c2F)n1. The molecule has 28 heavy (non-hydrogen) atoms. The number of hydrogen-bond donors (Lipinski definition) is 2. The minimum atomic E-state index is -1.60. The average Bonchev–Trinajstić information content (AvgIpc) is 2.68. The summed E-state index contributed by atoms with van der Waals surface area (Å²) in [4.78, 5) is 20.7. The highest BCUT2D eigenvalue weighted by Gasteiger charge is 2.16. The first-order valence-corrected chi connectivity index (χ1v) is 8.54. The summed E-state index contributed by atoms with van der Waals surface area (Å²) in [6.45, 7) is 3.60.